The predicted molar refractivity (Wildman–Crippen MR) is 97.8 cm³/mol. The number of hydrogen-bond donors (Lipinski definition) is 0. The Morgan fingerprint density at radius 2 is 2.00 bits per heavy atom. The Labute approximate surface area is 153 Å². The third kappa shape index (κ3) is 3.47. The van der Waals surface area contributed by atoms with E-state index >= 15 is 0 Å². The lowest BCUT2D eigenvalue weighted by Gasteiger charge is -2.21. The van der Waals surface area contributed by atoms with Crippen molar-refractivity contribution in [3.63, 3.8) is 0 Å². The van der Waals surface area contributed by atoms with Gasteiger partial charge in [-0.05, 0) is 31.9 Å². The molecule has 0 aliphatic carbocycles. The second-order valence-electron chi connectivity index (χ2n) is 6.52. The van der Waals surface area contributed by atoms with Gasteiger partial charge in [0.2, 0.25) is 0 Å². The number of amides is 2. The highest BCUT2D eigenvalue weighted by molar-refractivity contribution is 5.96. The predicted octanol–water partition coefficient (Wildman–Crippen LogP) is 1.98. The highest BCUT2D eigenvalue weighted by atomic mass is 16.2. The Morgan fingerprint density at radius 1 is 1.19 bits per heavy atom. The zero-order valence-corrected chi connectivity index (χ0v) is 15.6. The lowest BCUT2D eigenvalue weighted by Crippen LogP contribution is -2.32. The van der Waals surface area contributed by atoms with Gasteiger partial charge >= 0.3 is 0 Å². The van der Waals surface area contributed by atoms with Gasteiger partial charge in [0.15, 0.2) is 0 Å². The van der Waals surface area contributed by atoms with Crippen LogP contribution in [0.5, 0.6) is 0 Å². The fourth-order valence-corrected chi connectivity index (χ4v) is 3.09. The number of fused-ring (bicyclic) bond motifs is 1. The van der Waals surface area contributed by atoms with E-state index in [1.165, 1.54) is 0 Å². The van der Waals surface area contributed by atoms with Crippen molar-refractivity contribution >= 4 is 11.8 Å². The molecule has 0 fully saturated rings. The number of hydrogen-bond acceptors (Lipinski definition) is 4. The molecule has 0 atom stereocenters. The molecule has 2 aromatic heterocycles. The first-order valence-corrected chi connectivity index (χ1v) is 9.09. The topological polar surface area (TPSA) is 71.3 Å². The first-order chi connectivity index (χ1) is 12.5. The van der Waals surface area contributed by atoms with E-state index in [0.717, 1.165) is 24.2 Å². The number of nitrogens with zero attached hydrogens (tertiary/aromatic N) is 5. The maximum atomic E-state index is 12.9. The number of pyridine rings is 1. The van der Waals surface area contributed by atoms with Crippen LogP contribution in [0, 0.1) is 0 Å². The third-order valence-corrected chi connectivity index (χ3v) is 4.86. The minimum atomic E-state index is -0.0583. The zero-order chi connectivity index (χ0) is 18.7. The van der Waals surface area contributed by atoms with Crippen LogP contribution in [-0.2, 0) is 19.5 Å². The Balaban J connectivity index is 1.85. The molecule has 1 aliphatic heterocycles. The van der Waals surface area contributed by atoms with E-state index in [0.29, 0.717) is 37.3 Å². The molecule has 26 heavy (non-hydrogen) atoms. The van der Waals surface area contributed by atoms with Gasteiger partial charge in [-0.2, -0.15) is 5.10 Å². The van der Waals surface area contributed by atoms with Crippen LogP contribution in [0.1, 0.15) is 52.4 Å². The molecule has 0 saturated heterocycles. The number of rotatable bonds is 4. The van der Waals surface area contributed by atoms with E-state index in [9.17, 15) is 9.59 Å². The summed E-state index contributed by atoms with van der Waals surface area (Å²) in [6.45, 7) is 6.31. The van der Waals surface area contributed by atoms with Crippen molar-refractivity contribution in [1.29, 1.82) is 0 Å². The smallest absolute Gasteiger partial charge is 0.257 e. The molecule has 0 unspecified atom stereocenters. The minimum absolute atomic E-state index is 0.0583. The number of carbonyl (C=O) groups excluding carboxylic acids is 2. The summed E-state index contributed by atoms with van der Waals surface area (Å²) >= 11 is 0. The summed E-state index contributed by atoms with van der Waals surface area (Å²) in [5.74, 6) is -0.117. The van der Waals surface area contributed by atoms with E-state index in [-0.39, 0.29) is 11.8 Å². The second kappa shape index (κ2) is 7.68. The first kappa shape index (κ1) is 18.1. The van der Waals surface area contributed by atoms with Crippen molar-refractivity contribution in [3.8, 4) is 0 Å². The molecular formula is C19H25N5O2. The van der Waals surface area contributed by atoms with Crippen LogP contribution < -0.4 is 0 Å². The fraction of sp³-hybridized carbons (Fsp3) is 0.474. The molecular weight excluding hydrogens is 330 g/mol. The number of aryl methyl sites for hydroxylation is 2. The molecule has 0 bridgehead atoms. The van der Waals surface area contributed by atoms with Crippen LogP contribution in [0.25, 0.3) is 0 Å². The Bertz CT molecular complexity index is 797. The summed E-state index contributed by atoms with van der Waals surface area (Å²) in [6, 6.07) is 3.72. The summed E-state index contributed by atoms with van der Waals surface area (Å²) in [4.78, 5) is 33.3. The van der Waals surface area contributed by atoms with E-state index in [1.54, 1.807) is 29.2 Å². The normalized spacial score (nSPS) is 13.9. The van der Waals surface area contributed by atoms with Crippen molar-refractivity contribution in [2.45, 2.75) is 39.8 Å². The highest BCUT2D eigenvalue weighted by Gasteiger charge is 2.26. The van der Waals surface area contributed by atoms with Gasteiger partial charge < -0.3 is 9.80 Å². The Kier molecular flexibility index (Phi) is 5.35. The molecule has 7 heteroatoms. The average molecular weight is 355 g/mol. The summed E-state index contributed by atoms with van der Waals surface area (Å²) in [7, 11) is 1.77. The largest absolute Gasteiger partial charge is 0.342 e. The van der Waals surface area contributed by atoms with Crippen LogP contribution >= 0.6 is 0 Å². The Hall–Kier alpha value is -2.70. The maximum absolute atomic E-state index is 12.9. The molecule has 1 aliphatic rings. The zero-order valence-electron chi connectivity index (χ0n) is 15.6. The van der Waals surface area contributed by atoms with Crippen LogP contribution in [0.3, 0.4) is 0 Å². The van der Waals surface area contributed by atoms with Gasteiger partial charge in [-0.1, -0.05) is 6.92 Å². The van der Waals surface area contributed by atoms with E-state index in [2.05, 4.69) is 10.1 Å². The van der Waals surface area contributed by atoms with Gasteiger partial charge in [0.05, 0.1) is 29.6 Å². The van der Waals surface area contributed by atoms with Crippen molar-refractivity contribution in [1.82, 2.24) is 24.6 Å². The van der Waals surface area contributed by atoms with E-state index < -0.39 is 0 Å². The van der Waals surface area contributed by atoms with Crippen LogP contribution in [0.15, 0.2) is 24.5 Å². The van der Waals surface area contributed by atoms with Crippen LogP contribution in [0.4, 0.5) is 0 Å². The molecule has 0 aromatic carbocycles. The molecule has 0 saturated carbocycles. The number of carbonyl (C=O) groups is 2. The summed E-state index contributed by atoms with van der Waals surface area (Å²) in [6.07, 6.45) is 4.90. The lowest BCUT2D eigenvalue weighted by atomic mass is 10.1. The standard InChI is InChI=1S/C19H25N5O2/c1-4-15-8-7-14(11-20-15)18(25)23-9-6-10-24-17(13-23)16(12-21-24)19(26)22(3)5-2/h7-8,11-12H,4-6,9-10,13H2,1-3H3. The molecule has 138 valence electrons. The van der Waals surface area contributed by atoms with Gasteiger partial charge in [0.1, 0.15) is 0 Å². The fourth-order valence-electron chi connectivity index (χ4n) is 3.09. The quantitative estimate of drug-likeness (QED) is 0.841. The molecule has 3 rings (SSSR count). The van der Waals surface area contributed by atoms with Gasteiger partial charge in [0.25, 0.3) is 11.8 Å². The van der Waals surface area contributed by atoms with Crippen LogP contribution in [-0.4, -0.2) is 56.5 Å². The molecule has 2 amide bonds. The van der Waals surface area contributed by atoms with Crippen LogP contribution in [0.2, 0.25) is 0 Å². The SMILES string of the molecule is CCc1ccc(C(=O)N2CCCn3ncc(C(=O)N(C)CC)c3C2)cn1. The summed E-state index contributed by atoms with van der Waals surface area (Å²) < 4.78 is 1.85. The first-order valence-electron chi connectivity index (χ1n) is 9.09. The molecule has 2 aromatic rings. The van der Waals surface area contributed by atoms with Crippen molar-refractivity contribution in [2.75, 3.05) is 20.1 Å². The number of aromatic nitrogens is 3. The molecule has 0 N–H and O–H groups in total. The Morgan fingerprint density at radius 3 is 2.65 bits per heavy atom. The minimum Gasteiger partial charge on any atom is -0.342 e. The molecule has 3 heterocycles. The van der Waals surface area contributed by atoms with Gasteiger partial charge in [-0.25, -0.2) is 0 Å². The van der Waals surface area contributed by atoms with Gasteiger partial charge in [0, 0.05) is 38.6 Å². The summed E-state index contributed by atoms with van der Waals surface area (Å²) in [5, 5.41) is 4.36. The molecule has 7 nitrogen and oxygen atoms in total. The molecule has 0 spiro atoms. The molecule has 0 radical (unpaired) electrons. The monoisotopic (exact) mass is 355 g/mol. The second-order valence-corrected chi connectivity index (χ2v) is 6.52. The van der Waals surface area contributed by atoms with Gasteiger partial charge in [-0.3, -0.25) is 19.3 Å². The van der Waals surface area contributed by atoms with Crippen molar-refractivity contribution < 1.29 is 9.59 Å². The van der Waals surface area contributed by atoms with E-state index in [4.69, 9.17) is 0 Å². The lowest BCUT2D eigenvalue weighted by molar-refractivity contribution is 0.0736. The van der Waals surface area contributed by atoms with Crippen molar-refractivity contribution in [2.24, 2.45) is 0 Å². The van der Waals surface area contributed by atoms with E-state index in [1.807, 2.05) is 30.7 Å². The third-order valence-electron chi connectivity index (χ3n) is 4.86. The van der Waals surface area contributed by atoms with Gasteiger partial charge in [-0.15, -0.1) is 0 Å². The highest BCUT2D eigenvalue weighted by Crippen LogP contribution is 2.19. The van der Waals surface area contributed by atoms with Crippen molar-refractivity contribution in [3.05, 3.63) is 47.0 Å². The maximum Gasteiger partial charge on any atom is 0.257 e. The average Bonchev–Trinajstić information content (AvgIpc) is 2.95. The summed E-state index contributed by atoms with van der Waals surface area (Å²) in [5.41, 5.74) is 2.92.